The Kier molecular flexibility index (Phi) is 13.2. The Morgan fingerprint density at radius 1 is 0.800 bits per heavy atom. The highest BCUT2D eigenvalue weighted by molar-refractivity contribution is 5.91. The lowest BCUT2D eigenvalue weighted by Crippen LogP contribution is -2.14. The summed E-state index contributed by atoms with van der Waals surface area (Å²) in [7, 11) is 1.56. The standard InChI is InChI=1S/C31H32O9/c1-5-7-23(9-8-22(3)39-30(34)19-18-29(33)38-21-20-37-28(32)6-2)24-10-12-25(13-11-24)31(35)40-27-16-14-26(36-4)15-17-27/h6-17H,2-3,5,18-21H2,1,4H3/b9-8-,23-7+. The maximum atomic E-state index is 12.5. The van der Waals surface area contributed by atoms with Gasteiger partial charge in [-0.3, -0.25) is 9.59 Å². The minimum atomic E-state index is -0.648. The van der Waals surface area contributed by atoms with Crippen molar-refractivity contribution >= 4 is 29.5 Å². The zero-order chi connectivity index (χ0) is 29.3. The first-order valence-electron chi connectivity index (χ1n) is 12.4. The Morgan fingerprint density at radius 3 is 2.02 bits per heavy atom. The summed E-state index contributed by atoms with van der Waals surface area (Å²) in [4.78, 5) is 47.2. The summed E-state index contributed by atoms with van der Waals surface area (Å²) in [5.41, 5.74) is 2.05. The summed E-state index contributed by atoms with van der Waals surface area (Å²) in [6.45, 7) is 8.72. The third-order valence-electron chi connectivity index (χ3n) is 5.13. The number of carbonyl (C=O) groups excluding carboxylic acids is 4. The van der Waals surface area contributed by atoms with Gasteiger partial charge in [-0.1, -0.05) is 44.4 Å². The molecule has 0 radical (unpaired) electrons. The average molecular weight is 549 g/mol. The highest BCUT2D eigenvalue weighted by Crippen LogP contribution is 2.21. The number of hydrogen-bond acceptors (Lipinski definition) is 9. The smallest absolute Gasteiger partial charge is 0.343 e. The van der Waals surface area contributed by atoms with E-state index in [1.165, 1.54) is 6.08 Å². The second-order valence-electron chi connectivity index (χ2n) is 8.08. The molecular weight excluding hydrogens is 516 g/mol. The Hall–Kier alpha value is -4.92. The monoisotopic (exact) mass is 548 g/mol. The fourth-order valence-corrected chi connectivity index (χ4v) is 3.16. The molecule has 0 heterocycles. The summed E-state index contributed by atoms with van der Waals surface area (Å²) in [5, 5.41) is 0. The molecule has 0 N–H and O–H groups in total. The van der Waals surface area contributed by atoms with Gasteiger partial charge in [-0.25, -0.2) is 9.59 Å². The first-order chi connectivity index (χ1) is 19.2. The molecule has 2 rings (SSSR count). The lowest BCUT2D eigenvalue weighted by atomic mass is 10.0. The van der Waals surface area contributed by atoms with Crippen LogP contribution in [-0.4, -0.2) is 44.2 Å². The second kappa shape index (κ2) is 16.8. The highest BCUT2D eigenvalue weighted by atomic mass is 16.6. The van der Waals surface area contributed by atoms with Crippen molar-refractivity contribution < 1.29 is 42.9 Å². The molecule has 0 aliphatic rings. The van der Waals surface area contributed by atoms with Gasteiger partial charge in [0.2, 0.25) is 0 Å². The van der Waals surface area contributed by atoms with Crippen molar-refractivity contribution in [2.75, 3.05) is 20.3 Å². The van der Waals surface area contributed by atoms with E-state index in [-0.39, 0.29) is 31.8 Å². The van der Waals surface area contributed by atoms with Crippen molar-refractivity contribution in [3.63, 3.8) is 0 Å². The van der Waals surface area contributed by atoms with Crippen molar-refractivity contribution in [2.45, 2.75) is 26.2 Å². The van der Waals surface area contributed by atoms with E-state index in [4.69, 9.17) is 18.9 Å². The number of ether oxygens (including phenoxy) is 5. The van der Waals surface area contributed by atoms with Crippen molar-refractivity contribution in [1.82, 2.24) is 0 Å². The van der Waals surface area contributed by atoms with Gasteiger partial charge in [0, 0.05) is 6.08 Å². The van der Waals surface area contributed by atoms with Crippen LogP contribution in [0, 0.1) is 0 Å². The van der Waals surface area contributed by atoms with Gasteiger partial charge in [0.05, 0.1) is 25.5 Å². The molecule has 0 saturated heterocycles. The van der Waals surface area contributed by atoms with Gasteiger partial charge in [-0.15, -0.1) is 0 Å². The predicted octanol–water partition coefficient (Wildman–Crippen LogP) is 5.37. The summed E-state index contributed by atoms with van der Waals surface area (Å²) in [6, 6.07) is 13.6. The fraction of sp³-hybridized carbons (Fsp3) is 0.226. The van der Waals surface area contributed by atoms with E-state index in [9.17, 15) is 19.2 Å². The minimum Gasteiger partial charge on any atom is -0.497 e. The first-order valence-corrected chi connectivity index (χ1v) is 12.4. The van der Waals surface area contributed by atoms with Crippen LogP contribution in [0.4, 0.5) is 0 Å². The third-order valence-corrected chi connectivity index (χ3v) is 5.13. The van der Waals surface area contributed by atoms with Crippen molar-refractivity contribution in [3.05, 3.63) is 103 Å². The molecule has 9 nitrogen and oxygen atoms in total. The van der Waals surface area contributed by atoms with Crippen LogP contribution in [0.5, 0.6) is 11.5 Å². The molecule has 0 unspecified atom stereocenters. The van der Waals surface area contributed by atoms with Crippen LogP contribution in [0.3, 0.4) is 0 Å². The molecule has 40 heavy (non-hydrogen) atoms. The van der Waals surface area contributed by atoms with E-state index in [0.29, 0.717) is 17.1 Å². The van der Waals surface area contributed by atoms with Crippen molar-refractivity contribution in [1.29, 1.82) is 0 Å². The highest BCUT2D eigenvalue weighted by Gasteiger charge is 2.12. The molecule has 0 aliphatic heterocycles. The maximum absolute atomic E-state index is 12.5. The van der Waals surface area contributed by atoms with Crippen molar-refractivity contribution in [2.24, 2.45) is 0 Å². The molecule has 210 valence electrons. The summed E-state index contributed by atoms with van der Waals surface area (Å²) in [5.74, 6) is -1.23. The van der Waals surface area contributed by atoms with E-state index < -0.39 is 23.9 Å². The van der Waals surface area contributed by atoms with Crippen LogP contribution in [0.2, 0.25) is 0 Å². The SMILES string of the molecule is C=CC(=O)OCCOC(=O)CCC(=O)OC(=C)/C=C\C(=C/CC)c1ccc(C(=O)Oc2ccc(OC)cc2)cc1. The topological polar surface area (TPSA) is 114 Å². The van der Waals surface area contributed by atoms with Crippen LogP contribution in [-0.2, 0) is 28.6 Å². The number of benzene rings is 2. The van der Waals surface area contributed by atoms with E-state index in [1.807, 2.05) is 13.0 Å². The van der Waals surface area contributed by atoms with E-state index in [1.54, 1.807) is 61.7 Å². The van der Waals surface area contributed by atoms with Gasteiger partial charge in [0.25, 0.3) is 0 Å². The molecule has 0 atom stereocenters. The minimum absolute atomic E-state index is 0.0939. The Bertz CT molecular complexity index is 1250. The van der Waals surface area contributed by atoms with Crippen LogP contribution in [0.25, 0.3) is 5.57 Å². The molecule has 0 bridgehead atoms. The van der Waals surface area contributed by atoms with Crippen LogP contribution < -0.4 is 9.47 Å². The normalized spacial score (nSPS) is 10.9. The number of allylic oxidation sites excluding steroid dienone is 4. The maximum Gasteiger partial charge on any atom is 0.343 e. The molecule has 2 aromatic rings. The van der Waals surface area contributed by atoms with Gasteiger partial charge in [-0.2, -0.15) is 0 Å². The number of rotatable bonds is 15. The molecule has 9 heteroatoms. The molecule has 2 aromatic carbocycles. The molecule has 0 aromatic heterocycles. The zero-order valence-electron chi connectivity index (χ0n) is 22.6. The predicted molar refractivity (Wildman–Crippen MR) is 148 cm³/mol. The van der Waals surface area contributed by atoms with Crippen LogP contribution >= 0.6 is 0 Å². The number of carbonyl (C=O) groups is 4. The van der Waals surface area contributed by atoms with Gasteiger partial charge >= 0.3 is 23.9 Å². The molecular formula is C31H32O9. The fourth-order valence-electron chi connectivity index (χ4n) is 3.16. The molecule has 0 spiro atoms. The number of esters is 4. The van der Waals surface area contributed by atoms with Crippen LogP contribution in [0.1, 0.15) is 42.1 Å². The Labute approximate surface area is 233 Å². The van der Waals surface area contributed by atoms with Gasteiger partial charge in [0.1, 0.15) is 30.5 Å². The largest absolute Gasteiger partial charge is 0.497 e. The summed E-state index contributed by atoms with van der Waals surface area (Å²) < 4.78 is 25.2. The second-order valence-corrected chi connectivity index (χ2v) is 8.08. The van der Waals surface area contributed by atoms with Crippen molar-refractivity contribution in [3.8, 4) is 11.5 Å². The Morgan fingerprint density at radius 2 is 1.40 bits per heavy atom. The number of hydrogen-bond donors (Lipinski definition) is 0. The number of methoxy groups -OCH3 is 1. The quantitative estimate of drug-likeness (QED) is 0.0551. The molecule has 0 saturated carbocycles. The molecule has 0 amide bonds. The first kappa shape index (κ1) is 31.3. The van der Waals surface area contributed by atoms with Gasteiger partial charge < -0.3 is 23.7 Å². The van der Waals surface area contributed by atoms with E-state index >= 15 is 0 Å². The van der Waals surface area contributed by atoms with Gasteiger partial charge in [-0.05, 0) is 60.0 Å². The van der Waals surface area contributed by atoms with E-state index in [0.717, 1.165) is 23.6 Å². The molecule has 0 fully saturated rings. The lowest BCUT2D eigenvalue weighted by molar-refractivity contribution is -0.151. The van der Waals surface area contributed by atoms with Crippen LogP contribution in [0.15, 0.2) is 91.8 Å². The third kappa shape index (κ3) is 11.2. The summed E-state index contributed by atoms with van der Waals surface area (Å²) >= 11 is 0. The summed E-state index contributed by atoms with van der Waals surface area (Å²) in [6.07, 6.45) is 6.59. The zero-order valence-corrected chi connectivity index (χ0v) is 22.6. The lowest BCUT2D eigenvalue weighted by Gasteiger charge is -2.08. The molecule has 0 aliphatic carbocycles. The van der Waals surface area contributed by atoms with Gasteiger partial charge in [0.15, 0.2) is 0 Å². The Balaban J connectivity index is 1.86. The van der Waals surface area contributed by atoms with E-state index in [2.05, 4.69) is 17.9 Å². The average Bonchev–Trinajstić information content (AvgIpc) is 2.96.